The normalized spacial score (nSPS) is 11.8. The van der Waals surface area contributed by atoms with E-state index in [4.69, 9.17) is 0 Å². The molecule has 1 amide bonds. The van der Waals surface area contributed by atoms with Gasteiger partial charge in [-0.05, 0) is 52.0 Å². The van der Waals surface area contributed by atoms with Crippen LogP contribution in [0.3, 0.4) is 0 Å². The number of nitrogens with zero attached hydrogens (tertiary/aromatic N) is 2. The third-order valence-corrected chi connectivity index (χ3v) is 5.20. The smallest absolute Gasteiger partial charge is 0.240 e. The Morgan fingerprint density at radius 2 is 1.43 bits per heavy atom. The van der Waals surface area contributed by atoms with E-state index in [0.717, 1.165) is 17.6 Å². The number of rotatable bonds is 7. The second-order valence-electron chi connectivity index (χ2n) is 7.72. The summed E-state index contributed by atoms with van der Waals surface area (Å²) in [7, 11) is 0. The highest BCUT2D eigenvalue weighted by atomic mass is 16.2. The fourth-order valence-electron chi connectivity index (χ4n) is 3.88. The Labute approximate surface area is 166 Å². The van der Waals surface area contributed by atoms with Gasteiger partial charge in [0.1, 0.15) is 6.54 Å². The zero-order chi connectivity index (χ0) is 20.3. The number of pyridine rings is 1. The lowest BCUT2D eigenvalue weighted by molar-refractivity contribution is -0.121. The fraction of sp³-hybridized carbons (Fsp3) is 0.391. The summed E-state index contributed by atoms with van der Waals surface area (Å²) in [5.41, 5.74) is 1.58. The fourth-order valence-corrected chi connectivity index (χ4v) is 3.88. The van der Waals surface area contributed by atoms with Crippen LogP contribution in [0.2, 0.25) is 0 Å². The molecule has 3 rings (SSSR count). The maximum Gasteiger partial charge on any atom is 0.240 e. The number of fused-ring (bicyclic) bond motifs is 2. The zero-order valence-corrected chi connectivity index (χ0v) is 17.1. The summed E-state index contributed by atoms with van der Waals surface area (Å²) in [6, 6.07) is 15.8. The molecule has 0 spiro atoms. The Bertz CT molecular complexity index is 969. The monoisotopic (exact) mass is 379 g/mol. The number of hydrogen-bond donors (Lipinski definition) is 1. The van der Waals surface area contributed by atoms with Gasteiger partial charge in [-0.15, -0.1) is 0 Å². The molecule has 3 aromatic rings. The van der Waals surface area contributed by atoms with Crippen LogP contribution < -0.4 is 10.7 Å². The van der Waals surface area contributed by atoms with Crippen LogP contribution in [-0.2, 0) is 11.3 Å². The molecule has 0 saturated carbocycles. The Morgan fingerprint density at radius 1 is 0.929 bits per heavy atom. The van der Waals surface area contributed by atoms with E-state index in [1.807, 2.05) is 53.1 Å². The van der Waals surface area contributed by atoms with Crippen molar-refractivity contribution in [3.05, 3.63) is 58.8 Å². The van der Waals surface area contributed by atoms with Crippen molar-refractivity contribution in [3.8, 4) is 0 Å². The SMILES string of the molecule is CC(C)N(CCNC(=O)Cn1c2ccccc2c(=O)c2ccccc21)C(C)C. The highest BCUT2D eigenvalue weighted by molar-refractivity contribution is 5.94. The number of carbonyl (C=O) groups excluding carboxylic acids is 1. The molecule has 0 unspecified atom stereocenters. The Balaban J connectivity index is 1.84. The topological polar surface area (TPSA) is 54.3 Å². The van der Waals surface area contributed by atoms with Gasteiger partial charge in [0.2, 0.25) is 5.91 Å². The van der Waals surface area contributed by atoms with Gasteiger partial charge >= 0.3 is 0 Å². The van der Waals surface area contributed by atoms with Gasteiger partial charge in [-0.1, -0.05) is 24.3 Å². The van der Waals surface area contributed by atoms with Crippen molar-refractivity contribution in [3.63, 3.8) is 0 Å². The van der Waals surface area contributed by atoms with Gasteiger partial charge in [-0.3, -0.25) is 14.5 Å². The first-order valence-electron chi connectivity index (χ1n) is 9.93. The minimum atomic E-state index is -0.0496. The molecular formula is C23H29N3O2. The molecule has 5 heteroatoms. The van der Waals surface area contributed by atoms with Crippen LogP contribution in [0.25, 0.3) is 21.8 Å². The number of para-hydroxylation sites is 2. The number of benzene rings is 2. The predicted octanol–water partition coefficient (Wildman–Crippen LogP) is 3.39. The Morgan fingerprint density at radius 3 is 1.93 bits per heavy atom. The van der Waals surface area contributed by atoms with Gasteiger partial charge < -0.3 is 9.88 Å². The standard InChI is InChI=1S/C23H29N3O2/c1-16(2)25(17(3)4)14-13-24-22(27)15-26-20-11-7-5-9-18(20)23(28)19-10-6-8-12-21(19)26/h5-12,16-17H,13-15H2,1-4H3,(H,24,27). The van der Waals surface area contributed by atoms with E-state index >= 15 is 0 Å². The average molecular weight is 380 g/mol. The van der Waals surface area contributed by atoms with Gasteiger partial charge in [0.25, 0.3) is 0 Å². The molecule has 1 aromatic heterocycles. The molecule has 2 aromatic carbocycles. The third-order valence-electron chi connectivity index (χ3n) is 5.20. The molecule has 0 radical (unpaired) electrons. The first-order valence-corrected chi connectivity index (χ1v) is 9.93. The quantitative estimate of drug-likeness (QED) is 0.640. The van der Waals surface area contributed by atoms with E-state index in [0.29, 0.717) is 29.4 Å². The number of aromatic nitrogens is 1. The van der Waals surface area contributed by atoms with Gasteiger partial charge in [-0.2, -0.15) is 0 Å². The first-order chi connectivity index (χ1) is 13.4. The van der Waals surface area contributed by atoms with Gasteiger partial charge in [0, 0.05) is 35.9 Å². The molecule has 28 heavy (non-hydrogen) atoms. The van der Waals surface area contributed by atoms with E-state index in [-0.39, 0.29) is 17.9 Å². The lowest BCUT2D eigenvalue weighted by atomic mass is 10.1. The van der Waals surface area contributed by atoms with E-state index in [1.54, 1.807) is 0 Å². The zero-order valence-electron chi connectivity index (χ0n) is 17.1. The molecule has 5 nitrogen and oxygen atoms in total. The predicted molar refractivity (Wildman–Crippen MR) is 116 cm³/mol. The molecule has 0 aliphatic rings. The lowest BCUT2D eigenvalue weighted by Crippen LogP contribution is -2.43. The number of nitrogens with one attached hydrogen (secondary N) is 1. The van der Waals surface area contributed by atoms with Crippen molar-refractivity contribution < 1.29 is 4.79 Å². The van der Waals surface area contributed by atoms with Crippen molar-refractivity contribution in [2.24, 2.45) is 0 Å². The summed E-state index contributed by atoms with van der Waals surface area (Å²) < 4.78 is 1.93. The van der Waals surface area contributed by atoms with Crippen LogP contribution in [0.4, 0.5) is 0 Å². The van der Waals surface area contributed by atoms with E-state index in [9.17, 15) is 9.59 Å². The van der Waals surface area contributed by atoms with Crippen LogP contribution >= 0.6 is 0 Å². The average Bonchev–Trinajstić information content (AvgIpc) is 2.68. The summed E-state index contributed by atoms with van der Waals surface area (Å²) in [6.07, 6.45) is 0. The summed E-state index contributed by atoms with van der Waals surface area (Å²) in [5, 5.41) is 4.31. The maximum absolute atomic E-state index is 12.8. The van der Waals surface area contributed by atoms with Crippen LogP contribution in [0.15, 0.2) is 53.3 Å². The van der Waals surface area contributed by atoms with Crippen molar-refractivity contribution in [1.29, 1.82) is 0 Å². The minimum absolute atomic E-state index is 0.00682. The summed E-state index contributed by atoms with van der Waals surface area (Å²) in [4.78, 5) is 27.8. The largest absolute Gasteiger partial charge is 0.353 e. The number of carbonyl (C=O) groups is 1. The highest BCUT2D eigenvalue weighted by Crippen LogP contribution is 2.18. The third kappa shape index (κ3) is 4.09. The van der Waals surface area contributed by atoms with Crippen molar-refractivity contribution in [2.75, 3.05) is 13.1 Å². The summed E-state index contributed by atoms with van der Waals surface area (Å²) >= 11 is 0. The van der Waals surface area contributed by atoms with Crippen LogP contribution in [0, 0.1) is 0 Å². The molecule has 1 N–H and O–H groups in total. The highest BCUT2D eigenvalue weighted by Gasteiger charge is 2.15. The molecule has 0 aliphatic carbocycles. The molecule has 0 saturated heterocycles. The minimum Gasteiger partial charge on any atom is -0.353 e. The first kappa shape index (κ1) is 20.1. The maximum atomic E-state index is 12.8. The van der Waals surface area contributed by atoms with Gasteiger partial charge in [0.15, 0.2) is 5.43 Å². The molecule has 0 aliphatic heterocycles. The summed E-state index contributed by atoms with van der Waals surface area (Å²) in [5.74, 6) is -0.0496. The van der Waals surface area contributed by atoms with E-state index in [2.05, 4.69) is 37.9 Å². The molecule has 0 bridgehead atoms. The molecule has 0 fully saturated rings. The van der Waals surface area contributed by atoms with Gasteiger partial charge in [0.05, 0.1) is 11.0 Å². The second kappa shape index (κ2) is 8.57. The second-order valence-corrected chi connectivity index (χ2v) is 7.72. The van der Waals surface area contributed by atoms with Gasteiger partial charge in [-0.25, -0.2) is 0 Å². The lowest BCUT2D eigenvalue weighted by Gasteiger charge is -2.30. The summed E-state index contributed by atoms with van der Waals surface area (Å²) in [6.45, 7) is 10.3. The number of hydrogen-bond acceptors (Lipinski definition) is 3. The Hall–Kier alpha value is -2.66. The van der Waals surface area contributed by atoms with Crippen molar-refractivity contribution >= 4 is 27.7 Å². The van der Waals surface area contributed by atoms with E-state index < -0.39 is 0 Å². The van der Waals surface area contributed by atoms with Crippen LogP contribution in [0.5, 0.6) is 0 Å². The number of amides is 1. The molecule has 0 atom stereocenters. The van der Waals surface area contributed by atoms with Crippen molar-refractivity contribution in [2.45, 2.75) is 46.3 Å². The molecule has 148 valence electrons. The Kier molecular flexibility index (Phi) is 6.15. The molecular weight excluding hydrogens is 350 g/mol. The van der Waals surface area contributed by atoms with Crippen LogP contribution in [0.1, 0.15) is 27.7 Å². The van der Waals surface area contributed by atoms with Crippen molar-refractivity contribution in [1.82, 2.24) is 14.8 Å². The molecule has 1 heterocycles. The van der Waals surface area contributed by atoms with Crippen LogP contribution in [-0.4, -0.2) is 40.5 Å². The van der Waals surface area contributed by atoms with E-state index in [1.165, 1.54) is 0 Å².